The quantitative estimate of drug-likeness (QED) is 0.821. The smallest absolute Gasteiger partial charge is 0.287 e. The van der Waals surface area contributed by atoms with Gasteiger partial charge in [0.1, 0.15) is 4.90 Å². The van der Waals surface area contributed by atoms with Gasteiger partial charge < -0.3 is 10.3 Å². The average Bonchev–Trinajstić information content (AvgIpc) is 2.69. The van der Waals surface area contributed by atoms with E-state index in [1.165, 1.54) is 23.5 Å². The van der Waals surface area contributed by atoms with Crippen molar-refractivity contribution >= 4 is 38.6 Å². The number of aromatic nitrogens is 1. The lowest BCUT2D eigenvalue weighted by molar-refractivity contribution is 0.592. The lowest BCUT2D eigenvalue weighted by Crippen LogP contribution is -2.15. The van der Waals surface area contributed by atoms with Crippen LogP contribution in [0.5, 0.6) is 0 Å². The fourth-order valence-electron chi connectivity index (χ4n) is 2.19. The Morgan fingerprint density at radius 3 is 2.43 bits per heavy atom. The van der Waals surface area contributed by atoms with E-state index in [0.717, 1.165) is 10.6 Å². The molecule has 2 N–H and O–H groups in total. The van der Waals surface area contributed by atoms with E-state index in [4.69, 9.17) is 17.3 Å². The molecule has 0 aliphatic rings. The van der Waals surface area contributed by atoms with E-state index in [-0.39, 0.29) is 16.0 Å². The minimum absolute atomic E-state index is 0.0756. The standard InChI is InChI=1S/C15H20ClN3O2S2/c1-9-13(15(2,3)4)22-14(19(9)5)18-23(20,21)12-8-10(16)6-7-11(12)17/h6-8H,17H2,1-5H3/b18-14+. The highest BCUT2D eigenvalue weighted by atomic mass is 35.5. The van der Waals surface area contributed by atoms with E-state index in [9.17, 15) is 8.42 Å². The molecule has 0 amide bonds. The first-order valence-electron chi connectivity index (χ1n) is 6.96. The minimum Gasteiger partial charge on any atom is -0.398 e. The number of nitrogens with zero attached hydrogens (tertiary/aromatic N) is 2. The van der Waals surface area contributed by atoms with Gasteiger partial charge in [-0.15, -0.1) is 15.7 Å². The van der Waals surface area contributed by atoms with Crippen molar-refractivity contribution in [2.45, 2.75) is 38.0 Å². The van der Waals surface area contributed by atoms with Crippen molar-refractivity contribution in [2.24, 2.45) is 11.4 Å². The third-order valence-electron chi connectivity index (χ3n) is 3.44. The lowest BCUT2D eigenvalue weighted by Gasteiger charge is -2.17. The van der Waals surface area contributed by atoms with Crippen molar-refractivity contribution in [1.82, 2.24) is 4.57 Å². The number of thiazole rings is 1. The minimum atomic E-state index is -3.93. The maximum atomic E-state index is 12.6. The van der Waals surface area contributed by atoms with Crippen LogP contribution in [-0.4, -0.2) is 13.0 Å². The third kappa shape index (κ3) is 3.62. The first kappa shape index (κ1) is 18.0. The molecule has 0 aliphatic heterocycles. The second-order valence-corrected chi connectivity index (χ2v) is 9.34. The van der Waals surface area contributed by atoms with E-state index in [1.54, 1.807) is 17.7 Å². The Morgan fingerprint density at radius 1 is 1.30 bits per heavy atom. The zero-order valence-electron chi connectivity index (χ0n) is 13.7. The summed E-state index contributed by atoms with van der Waals surface area (Å²) in [5.74, 6) is 0. The van der Waals surface area contributed by atoms with E-state index in [0.29, 0.717) is 9.82 Å². The fraction of sp³-hybridized carbons (Fsp3) is 0.400. The molecule has 2 aromatic rings. The Hall–Kier alpha value is -1.31. The highest BCUT2D eigenvalue weighted by molar-refractivity contribution is 7.90. The molecule has 0 spiro atoms. The summed E-state index contributed by atoms with van der Waals surface area (Å²) in [5.41, 5.74) is 6.81. The second-order valence-electron chi connectivity index (χ2n) is 6.36. The maximum absolute atomic E-state index is 12.6. The van der Waals surface area contributed by atoms with Gasteiger partial charge in [-0.05, 0) is 30.5 Å². The summed E-state index contributed by atoms with van der Waals surface area (Å²) in [7, 11) is -2.13. The van der Waals surface area contributed by atoms with E-state index in [2.05, 4.69) is 25.2 Å². The van der Waals surface area contributed by atoms with Gasteiger partial charge in [-0.3, -0.25) is 0 Å². The Balaban J connectivity index is 2.69. The summed E-state index contributed by atoms with van der Waals surface area (Å²) in [6, 6.07) is 4.33. The SMILES string of the molecule is Cc1c(C(C)(C)C)s/c(=N/S(=O)(=O)c2cc(Cl)ccc2N)n1C. The zero-order valence-corrected chi connectivity index (χ0v) is 16.1. The van der Waals surface area contributed by atoms with Crippen LogP contribution in [0.3, 0.4) is 0 Å². The summed E-state index contributed by atoms with van der Waals surface area (Å²) in [6.07, 6.45) is 0. The van der Waals surface area contributed by atoms with Crippen LogP contribution < -0.4 is 10.5 Å². The van der Waals surface area contributed by atoms with Gasteiger partial charge in [-0.25, -0.2) is 0 Å². The summed E-state index contributed by atoms with van der Waals surface area (Å²) in [4.78, 5) is 1.42. The number of nitrogens with two attached hydrogens (primary N) is 1. The van der Waals surface area contributed by atoms with Crippen LogP contribution in [0.25, 0.3) is 0 Å². The van der Waals surface area contributed by atoms with Gasteiger partial charge in [0.2, 0.25) is 4.80 Å². The predicted octanol–water partition coefficient (Wildman–Crippen LogP) is 3.22. The van der Waals surface area contributed by atoms with Crippen molar-refractivity contribution in [3.05, 3.63) is 38.6 Å². The van der Waals surface area contributed by atoms with Crippen LogP contribution in [0.15, 0.2) is 27.5 Å². The van der Waals surface area contributed by atoms with Gasteiger partial charge >= 0.3 is 0 Å². The number of nitrogen functional groups attached to an aromatic ring is 1. The van der Waals surface area contributed by atoms with E-state index >= 15 is 0 Å². The lowest BCUT2D eigenvalue weighted by atomic mass is 9.93. The van der Waals surface area contributed by atoms with Gasteiger partial charge in [0.05, 0.1) is 5.69 Å². The summed E-state index contributed by atoms with van der Waals surface area (Å²) in [6.45, 7) is 8.20. The Bertz CT molecular complexity index is 919. The van der Waals surface area contributed by atoms with Crippen LogP contribution in [0, 0.1) is 6.92 Å². The summed E-state index contributed by atoms with van der Waals surface area (Å²) < 4.78 is 30.9. The number of rotatable bonds is 2. The molecule has 126 valence electrons. The first-order valence-corrected chi connectivity index (χ1v) is 9.60. The molecule has 1 aromatic heterocycles. The maximum Gasteiger partial charge on any atom is 0.287 e. The molecular weight excluding hydrogens is 354 g/mol. The van der Waals surface area contributed by atoms with Crippen LogP contribution in [0.2, 0.25) is 5.02 Å². The van der Waals surface area contributed by atoms with Crippen molar-refractivity contribution in [3.63, 3.8) is 0 Å². The molecule has 0 unspecified atom stereocenters. The number of halogens is 1. The summed E-state index contributed by atoms with van der Waals surface area (Å²) >= 11 is 7.25. The van der Waals surface area contributed by atoms with Crippen molar-refractivity contribution in [3.8, 4) is 0 Å². The molecule has 2 rings (SSSR count). The largest absolute Gasteiger partial charge is 0.398 e. The van der Waals surface area contributed by atoms with Crippen LogP contribution in [-0.2, 0) is 22.5 Å². The Morgan fingerprint density at radius 2 is 1.91 bits per heavy atom. The van der Waals surface area contributed by atoms with E-state index in [1.807, 2.05) is 6.92 Å². The second kappa shape index (κ2) is 5.96. The van der Waals surface area contributed by atoms with Gasteiger partial charge in [0, 0.05) is 22.6 Å². The molecule has 1 aromatic carbocycles. The van der Waals surface area contributed by atoms with Crippen molar-refractivity contribution in [1.29, 1.82) is 0 Å². The van der Waals surface area contributed by atoms with Gasteiger partial charge in [-0.1, -0.05) is 32.4 Å². The van der Waals surface area contributed by atoms with Gasteiger partial charge in [0.25, 0.3) is 10.0 Å². The Labute approximate surface area is 145 Å². The molecule has 1 heterocycles. The number of benzene rings is 1. The first-order chi connectivity index (χ1) is 10.4. The predicted molar refractivity (Wildman–Crippen MR) is 95.3 cm³/mol. The fourth-order valence-corrected chi connectivity index (χ4v) is 4.98. The molecule has 0 fully saturated rings. The zero-order chi connectivity index (χ0) is 17.6. The van der Waals surface area contributed by atoms with Crippen molar-refractivity contribution < 1.29 is 8.42 Å². The molecule has 0 saturated heterocycles. The highest BCUT2D eigenvalue weighted by Crippen LogP contribution is 2.28. The molecule has 0 saturated carbocycles. The number of hydrogen-bond acceptors (Lipinski definition) is 4. The highest BCUT2D eigenvalue weighted by Gasteiger charge is 2.23. The summed E-state index contributed by atoms with van der Waals surface area (Å²) in [5, 5.41) is 0.301. The van der Waals surface area contributed by atoms with Crippen molar-refractivity contribution in [2.75, 3.05) is 5.73 Å². The molecule has 23 heavy (non-hydrogen) atoms. The molecule has 0 bridgehead atoms. The molecule has 8 heteroatoms. The normalized spacial score (nSPS) is 13.6. The third-order valence-corrected chi connectivity index (χ3v) is 6.78. The molecule has 5 nitrogen and oxygen atoms in total. The number of anilines is 1. The monoisotopic (exact) mass is 373 g/mol. The van der Waals surface area contributed by atoms with Gasteiger partial charge in [-0.2, -0.15) is 8.42 Å². The van der Waals surface area contributed by atoms with Crippen LogP contribution in [0.1, 0.15) is 31.3 Å². The topological polar surface area (TPSA) is 77.4 Å². The molecule has 0 atom stereocenters. The van der Waals surface area contributed by atoms with E-state index < -0.39 is 10.0 Å². The number of sulfonamides is 1. The molecule has 0 aliphatic carbocycles. The Kier molecular flexibility index (Phi) is 4.67. The molecular formula is C15H20ClN3O2S2. The molecule has 0 radical (unpaired) electrons. The van der Waals surface area contributed by atoms with Crippen LogP contribution in [0.4, 0.5) is 5.69 Å². The average molecular weight is 374 g/mol. The number of hydrogen-bond donors (Lipinski definition) is 1. The van der Waals surface area contributed by atoms with Crippen LogP contribution >= 0.6 is 22.9 Å². The van der Waals surface area contributed by atoms with Gasteiger partial charge in [0.15, 0.2) is 0 Å².